The fourth-order valence-electron chi connectivity index (χ4n) is 2.46. The highest BCUT2D eigenvalue weighted by molar-refractivity contribution is 5.76. The number of nitrogens with zero attached hydrogens (tertiary/aromatic N) is 2. The van der Waals surface area contributed by atoms with Crippen molar-refractivity contribution in [3.63, 3.8) is 0 Å². The molecule has 1 amide bonds. The lowest BCUT2D eigenvalue weighted by Gasteiger charge is -2.24. The van der Waals surface area contributed by atoms with Crippen LogP contribution in [0.1, 0.15) is 44.7 Å². The number of hydrogen-bond acceptors (Lipinski definition) is 3. The molecule has 0 aromatic carbocycles. The molecule has 4 heteroatoms. The van der Waals surface area contributed by atoms with E-state index < -0.39 is 0 Å². The van der Waals surface area contributed by atoms with Gasteiger partial charge in [0.15, 0.2) is 0 Å². The number of anilines is 1. The monoisotopic (exact) mass is 261 g/mol. The summed E-state index contributed by atoms with van der Waals surface area (Å²) in [6.45, 7) is 4.47. The van der Waals surface area contributed by atoms with Gasteiger partial charge in [0.1, 0.15) is 0 Å². The molecule has 0 bridgehead atoms. The van der Waals surface area contributed by atoms with Crippen LogP contribution in [-0.2, 0) is 11.3 Å². The van der Waals surface area contributed by atoms with Crippen molar-refractivity contribution in [2.75, 3.05) is 18.4 Å². The van der Waals surface area contributed by atoms with E-state index in [4.69, 9.17) is 0 Å². The highest BCUT2D eigenvalue weighted by Gasteiger charge is 2.16. The molecule has 0 unspecified atom stereocenters. The number of rotatable bonds is 4. The summed E-state index contributed by atoms with van der Waals surface area (Å²) in [5.74, 6) is 0.273. The Balaban J connectivity index is 2.01. The van der Waals surface area contributed by atoms with Crippen LogP contribution in [-0.4, -0.2) is 28.9 Å². The smallest absolute Gasteiger partial charge is 0.222 e. The van der Waals surface area contributed by atoms with Crippen molar-refractivity contribution in [3.8, 4) is 0 Å². The van der Waals surface area contributed by atoms with E-state index in [-0.39, 0.29) is 5.91 Å². The first-order chi connectivity index (χ1) is 9.29. The standard InChI is InChI=1S/C15H23N3O/c1-2-16-13-8-9-17-14(11-13)12-18-10-6-4-3-5-7-15(18)19/h8-9,11H,2-7,10,12H2,1H3,(H,16,17). The molecule has 0 spiro atoms. The molecule has 1 N–H and O–H groups in total. The van der Waals surface area contributed by atoms with Crippen molar-refractivity contribution in [2.45, 2.75) is 45.6 Å². The molecule has 0 aliphatic carbocycles. The summed E-state index contributed by atoms with van der Waals surface area (Å²) in [6, 6.07) is 4.00. The van der Waals surface area contributed by atoms with E-state index in [1.54, 1.807) is 0 Å². The van der Waals surface area contributed by atoms with Crippen LogP contribution in [0.15, 0.2) is 18.3 Å². The third-order valence-corrected chi connectivity index (χ3v) is 3.47. The molecule has 1 aliphatic heterocycles. The number of amides is 1. The van der Waals surface area contributed by atoms with Gasteiger partial charge in [0.25, 0.3) is 0 Å². The fraction of sp³-hybridized carbons (Fsp3) is 0.600. The van der Waals surface area contributed by atoms with Crippen molar-refractivity contribution >= 4 is 11.6 Å². The molecule has 1 aromatic rings. The molecule has 1 fully saturated rings. The molecular weight excluding hydrogens is 238 g/mol. The normalized spacial score (nSPS) is 16.9. The van der Waals surface area contributed by atoms with E-state index in [9.17, 15) is 4.79 Å². The van der Waals surface area contributed by atoms with Crippen LogP contribution in [0.4, 0.5) is 5.69 Å². The lowest BCUT2D eigenvalue weighted by Crippen LogP contribution is -2.32. The van der Waals surface area contributed by atoms with Gasteiger partial charge in [0, 0.05) is 31.4 Å². The molecule has 0 radical (unpaired) electrons. The quantitative estimate of drug-likeness (QED) is 0.906. The van der Waals surface area contributed by atoms with Crippen LogP contribution < -0.4 is 5.32 Å². The number of aromatic nitrogens is 1. The summed E-state index contributed by atoms with van der Waals surface area (Å²) >= 11 is 0. The number of likely N-dealkylation sites (tertiary alicyclic amines) is 1. The Morgan fingerprint density at radius 1 is 1.32 bits per heavy atom. The Kier molecular flexibility index (Phi) is 5.19. The van der Waals surface area contributed by atoms with Crippen LogP contribution in [0.25, 0.3) is 0 Å². The summed E-state index contributed by atoms with van der Waals surface area (Å²) in [5.41, 5.74) is 2.04. The van der Waals surface area contributed by atoms with Gasteiger partial charge in [-0.15, -0.1) is 0 Å². The van der Waals surface area contributed by atoms with Crippen molar-refractivity contribution < 1.29 is 4.79 Å². The average molecular weight is 261 g/mol. The van der Waals surface area contributed by atoms with Gasteiger partial charge in [0.2, 0.25) is 5.91 Å². The lowest BCUT2D eigenvalue weighted by molar-refractivity contribution is -0.132. The van der Waals surface area contributed by atoms with E-state index in [0.717, 1.165) is 37.3 Å². The molecule has 1 saturated heterocycles. The third-order valence-electron chi connectivity index (χ3n) is 3.47. The Labute approximate surface area is 115 Å². The van der Waals surface area contributed by atoms with E-state index in [0.29, 0.717) is 13.0 Å². The van der Waals surface area contributed by atoms with Gasteiger partial charge in [0.05, 0.1) is 12.2 Å². The summed E-state index contributed by atoms with van der Waals surface area (Å²) < 4.78 is 0. The van der Waals surface area contributed by atoms with Crippen LogP contribution in [0.3, 0.4) is 0 Å². The van der Waals surface area contributed by atoms with E-state index in [2.05, 4.69) is 17.2 Å². The number of hydrogen-bond donors (Lipinski definition) is 1. The summed E-state index contributed by atoms with van der Waals surface area (Å²) in [4.78, 5) is 18.4. The predicted molar refractivity (Wildman–Crippen MR) is 76.9 cm³/mol. The maximum atomic E-state index is 12.1. The zero-order chi connectivity index (χ0) is 13.5. The van der Waals surface area contributed by atoms with Crippen molar-refractivity contribution in [2.24, 2.45) is 0 Å². The minimum Gasteiger partial charge on any atom is -0.385 e. The highest BCUT2D eigenvalue weighted by atomic mass is 16.2. The molecule has 19 heavy (non-hydrogen) atoms. The summed E-state index contributed by atoms with van der Waals surface area (Å²) in [7, 11) is 0. The summed E-state index contributed by atoms with van der Waals surface area (Å²) in [6.07, 6.45) is 7.05. The number of carbonyl (C=O) groups excluding carboxylic acids is 1. The second-order valence-corrected chi connectivity index (χ2v) is 5.05. The number of nitrogens with one attached hydrogen (secondary N) is 1. The SMILES string of the molecule is CCNc1ccnc(CN2CCCCCCC2=O)c1. The Morgan fingerprint density at radius 3 is 3.00 bits per heavy atom. The average Bonchev–Trinajstić information content (AvgIpc) is 2.39. The zero-order valence-electron chi connectivity index (χ0n) is 11.7. The molecule has 2 rings (SSSR count). The highest BCUT2D eigenvalue weighted by Crippen LogP contribution is 2.15. The second kappa shape index (κ2) is 7.12. The number of pyridine rings is 1. The van der Waals surface area contributed by atoms with Crippen LogP contribution in [0.2, 0.25) is 0 Å². The summed E-state index contributed by atoms with van der Waals surface area (Å²) in [5, 5.41) is 3.28. The van der Waals surface area contributed by atoms with Gasteiger partial charge in [-0.3, -0.25) is 9.78 Å². The molecule has 1 aliphatic rings. The van der Waals surface area contributed by atoms with Gasteiger partial charge in [-0.25, -0.2) is 0 Å². The first-order valence-corrected chi connectivity index (χ1v) is 7.26. The van der Waals surface area contributed by atoms with Gasteiger partial charge >= 0.3 is 0 Å². The topological polar surface area (TPSA) is 45.2 Å². The van der Waals surface area contributed by atoms with Crippen LogP contribution >= 0.6 is 0 Å². The second-order valence-electron chi connectivity index (χ2n) is 5.05. The molecule has 104 valence electrons. The first kappa shape index (κ1) is 13.8. The Bertz CT molecular complexity index is 420. The van der Waals surface area contributed by atoms with Gasteiger partial charge in [-0.05, 0) is 31.9 Å². The minimum atomic E-state index is 0.273. The van der Waals surface area contributed by atoms with Gasteiger partial charge in [-0.1, -0.05) is 12.8 Å². The lowest BCUT2D eigenvalue weighted by atomic mass is 10.1. The van der Waals surface area contributed by atoms with Crippen molar-refractivity contribution in [1.29, 1.82) is 0 Å². The zero-order valence-corrected chi connectivity index (χ0v) is 11.7. The Morgan fingerprint density at radius 2 is 2.16 bits per heavy atom. The first-order valence-electron chi connectivity index (χ1n) is 7.26. The van der Waals surface area contributed by atoms with Crippen molar-refractivity contribution in [1.82, 2.24) is 9.88 Å². The minimum absolute atomic E-state index is 0.273. The Hall–Kier alpha value is -1.58. The maximum absolute atomic E-state index is 12.1. The van der Waals surface area contributed by atoms with Crippen LogP contribution in [0.5, 0.6) is 0 Å². The van der Waals surface area contributed by atoms with Crippen molar-refractivity contribution in [3.05, 3.63) is 24.0 Å². The molecule has 0 atom stereocenters. The van der Waals surface area contributed by atoms with Gasteiger partial charge < -0.3 is 10.2 Å². The van der Waals surface area contributed by atoms with E-state index in [1.807, 2.05) is 23.2 Å². The molecule has 1 aromatic heterocycles. The molecule has 2 heterocycles. The largest absolute Gasteiger partial charge is 0.385 e. The van der Waals surface area contributed by atoms with Gasteiger partial charge in [-0.2, -0.15) is 0 Å². The van der Waals surface area contributed by atoms with E-state index >= 15 is 0 Å². The predicted octanol–water partition coefficient (Wildman–Crippen LogP) is 2.81. The van der Waals surface area contributed by atoms with E-state index in [1.165, 1.54) is 12.8 Å². The maximum Gasteiger partial charge on any atom is 0.222 e. The molecular formula is C15H23N3O. The number of carbonyl (C=O) groups is 1. The third kappa shape index (κ3) is 4.23. The fourth-order valence-corrected chi connectivity index (χ4v) is 2.46. The molecule has 4 nitrogen and oxygen atoms in total. The molecule has 0 saturated carbocycles. The van der Waals surface area contributed by atoms with Crippen LogP contribution in [0, 0.1) is 0 Å².